The third-order valence-corrected chi connectivity index (χ3v) is 2.49. The van der Waals surface area contributed by atoms with Crippen molar-refractivity contribution < 1.29 is 4.74 Å². The Kier molecular flexibility index (Phi) is 3.19. The van der Waals surface area contributed by atoms with E-state index in [-0.39, 0.29) is 0 Å². The maximum atomic E-state index is 5.30. The van der Waals surface area contributed by atoms with Crippen molar-refractivity contribution in [1.82, 2.24) is 0 Å². The van der Waals surface area contributed by atoms with E-state index in [1.54, 1.807) is 6.21 Å². The normalized spacial score (nSPS) is 17.2. The molecule has 1 aromatic carbocycles. The largest absolute Gasteiger partial charge is 0.378 e. The van der Waals surface area contributed by atoms with Crippen LogP contribution in [0.25, 0.3) is 0 Å². The van der Waals surface area contributed by atoms with Crippen LogP contribution in [0.4, 0.5) is 5.69 Å². The Bertz CT molecular complexity index is 328. The topological polar surface area (TPSA) is 50.8 Å². The minimum Gasteiger partial charge on any atom is -0.378 e. The number of nitrogens with zero attached hydrogens (tertiary/aromatic N) is 2. The number of anilines is 1. The second-order valence-electron chi connectivity index (χ2n) is 3.47. The van der Waals surface area contributed by atoms with E-state index in [0.29, 0.717) is 0 Å². The fourth-order valence-corrected chi connectivity index (χ4v) is 1.68. The number of rotatable bonds is 2. The average Bonchev–Trinajstić information content (AvgIpc) is 2.32. The van der Waals surface area contributed by atoms with Gasteiger partial charge in [0.25, 0.3) is 0 Å². The summed E-state index contributed by atoms with van der Waals surface area (Å²) in [5, 5.41) is 3.49. The molecular weight excluding hydrogens is 190 g/mol. The molecule has 1 aliphatic rings. The molecule has 15 heavy (non-hydrogen) atoms. The van der Waals surface area contributed by atoms with Crippen LogP contribution < -0.4 is 10.7 Å². The molecule has 0 atom stereocenters. The van der Waals surface area contributed by atoms with Gasteiger partial charge in [0.15, 0.2) is 0 Å². The summed E-state index contributed by atoms with van der Waals surface area (Å²) in [5.74, 6) is 5.08. The molecule has 1 fully saturated rings. The summed E-state index contributed by atoms with van der Waals surface area (Å²) in [6, 6.07) is 8.20. The number of ether oxygens (including phenoxy) is 1. The van der Waals surface area contributed by atoms with Gasteiger partial charge in [0, 0.05) is 18.8 Å². The summed E-state index contributed by atoms with van der Waals surface area (Å²) in [4.78, 5) is 2.31. The first kappa shape index (κ1) is 9.98. The third kappa shape index (κ3) is 2.47. The van der Waals surface area contributed by atoms with Crippen molar-refractivity contribution in [2.24, 2.45) is 10.9 Å². The number of hydrogen-bond acceptors (Lipinski definition) is 4. The first-order valence-electron chi connectivity index (χ1n) is 5.06. The van der Waals surface area contributed by atoms with Gasteiger partial charge in [-0.1, -0.05) is 12.1 Å². The lowest BCUT2D eigenvalue weighted by Crippen LogP contribution is -2.36. The molecule has 0 spiro atoms. The molecule has 1 aromatic rings. The van der Waals surface area contributed by atoms with Crippen LogP contribution in [-0.4, -0.2) is 32.5 Å². The van der Waals surface area contributed by atoms with Crippen LogP contribution in [0.3, 0.4) is 0 Å². The number of hydrogen-bond donors (Lipinski definition) is 1. The minimum atomic E-state index is 0.812. The van der Waals surface area contributed by atoms with Gasteiger partial charge in [0.1, 0.15) is 0 Å². The number of morpholine rings is 1. The quantitative estimate of drug-likeness (QED) is 0.442. The molecule has 2 N–H and O–H groups in total. The van der Waals surface area contributed by atoms with Gasteiger partial charge in [0.05, 0.1) is 19.4 Å². The van der Waals surface area contributed by atoms with E-state index in [0.717, 1.165) is 31.9 Å². The molecular formula is C11H15N3O. The number of hydrazone groups is 1. The SMILES string of the molecule is N/N=C\c1ccc(N2CCOCC2)cc1. The van der Waals surface area contributed by atoms with Crippen LogP contribution in [0.1, 0.15) is 5.56 Å². The highest BCUT2D eigenvalue weighted by Gasteiger charge is 2.10. The smallest absolute Gasteiger partial charge is 0.0642 e. The van der Waals surface area contributed by atoms with Gasteiger partial charge in [-0.2, -0.15) is 5.10 Å². The molecule has 0 unspecified atom stereocenters. The molecule has 0 amide bonds. The van der Waals surface area contributed by atoms with Crippen LogP contribution in [0.5, 0.6) is 0 Å². The molecule has 2 rings (SSSR count). The zero-order valence-electron chi connectivity index (χ0n) is 8.60. The average molecular weight is 205 g/mol. The first-order chi connectivity index (χ1) is 7.40. The predicted molar refractivity (Wildman–Crippen MR) is 61.3 cm³/mol. The molecule has 0 radical (unpaired) electrons. The van der Waals surface area contributed by atoms with E-state index in [2.05, 4.69) is 22.1 Å². The lowest BCUT2D eigenvalue weighted by Gasteiger charge is -2.28. The second kappa shape index (κ2) is 4.79. The van der Waals surface area contributed by atoms with Gasteiger partial charge in [0.2, 0.25) is 0 Å². The summed E-state index contributed by atoms with van der Waals surface area (Å²) in [6.07, 6.45) is 1.64. The highest BCUT2D eigenvalue weighted by atomic mass is 16.5. The van der Waals surface area contributed by atoms with E-state index in [9.17, 15) is 0 Å². The molecule has 0 bridgehead atoms. The van der Waals surface area contributed by atoms with E-state index in [4.69, 9.17) is 10.6 Å². The maximum Gasteiger partial charge on any atom is 0.0642 e. The van der Waals surface area contributed by atoms with Gasteiger partial charge >= 0.3 is 0 Å². The van der Waals surface area contributed by atoms with Gasteiger partial charge in [-0.05, 0) is 17.7 Å². The van der Waals surface area contributed by atoms with Gasteiger partial charge in [-0.15, -0.1) is 0 Å². The maximum absolute atomic E-state index is 5.30. The molecule has 0 aromatic heterocycles. The van der Waals surface area contributed by atoms with Crippen LogP contribution in [-0.2, 0) is 4.74 Å². The molecule has 4 heteroatoms. The van der Waals surface area contributed by atoms with Crippen molar-refractivity contribution >= 4 is 11.9 Å². The summed E-state index contributed by atoms with van der Waals surface area (Å²) in [6.45, 7) is 3.55. The fourth-order valence-electron chi connectivity index (χ4n) is 1.68. The van der Waals surface area contributed by atoms with E-state index in [1.165, 1.54) is 5.69 Å². The molecule has 1 heterocycles. The molecule has 1 aliphatic heterocycles. The van der Waals surface area contributed by atoms with Crippen molar-refractivity contribution in [2.75, 3.05) is 31.2 Å². The first-order valence-corrected chi connectivity index (χ1v) is 5.06. The fraction of sp³-hybridized carbons (Fsp3) is 0.364. The lowest BCUT2D eigenvalue weighted by atomic mass is 10.2. The summed E-state index contributed by atoms with van der Waals surface area (Å²) in [7, 11) is 0. The Balaban J connectivity index is 2.08. The molecule has 4 nitrogen and oxygen atoms in total. The standard InChI is InChI=1S/C11H15N3O/c12-13-9-10-1-3-11(4-2-10)14-5-7-15-8-6-14/h1-4,9H,5-8,12H2/b13-9-. The zero-order valence-corrected chi connectivity index (χ0v) is 8.60. The molecule has 0 aliphatic carbocycles. The summed E-state index contributed by atoms with van der Waals surface area (Å²) < 4.78 is 5.30. The predicted octanol–water partition coefficient (Wildman–Crippen LogP) is 0.816. The zero-order chi connectivity index (χ0) is 10.5. The van der Waals surface area contributed by atoms with E-state index in [1.807, 2.05) is 12.1 Å². The Morgan fingerprint density at radius 3 is 2.47 bits per heavy atom. The van der Waals surface area contributed by atoms with E-state index >= 15 is 0 Å². The van der Waals surface area contributed by atoms with Crippen molar-refractivity contribution in [3.63, 3.8) is 0 Å². The van der Waals surface area contributed by atoms with Gasteiger partial charge in [-0.25, -0.2) is 0 Å². The molecule has 0 saturated carbocycles. The van der Waals surface area contributed by atoms with Crippen molar-refractivity contribution in [3.05, 3.63) is 29.8 Å². The van der Waals surface area contributed by atoms with Crippen molar-refractivity contribution in [2.45, 2.75) is 0 Å². The van der Waals surface area contributed by atoms with Crippen LogP contribution in [0.15, 0.2) is 29.4 Å². The Morgan fingerprint density at radius 2 is 1.87 bits per heavy atom. The Labute approximate surface area is 89.3 Å². The lowest BCUT2D eigenvalue weighted by molar-refractivity contribution is 0.122. The monoisotopic (exact) mass is 205 g/mol. The van der Waals surface area contributed by atoms with Crippen molar-refractivity contribution in [3.8, 4) is 0 Å². The van der Waals surface area contributed by atoms with Crippen LogP contribution >= 0.6 is 0 Å². The second-order valence-corrected chi connectivity index (χ2v) is 3.47. The molecule has 1 saturated heterocycles. The number of benzene rings is 1. The van der Waals surface area contributed by atoms with Crippen molar-refractivity contribution in [1.29, 1.82) is 0 Å². The van der Waals surface area contributed by atoms with Crippen LogP contribution in [0.2, 0.25) is 0 Å². The summed E-state index contributed by atoms with van der Waals surface area (Å²) in [5.41, 5.74) is 2.25. The van der Waals surface area contributed by atoms with Gasteiger partial charge < -0.3 is 15.5 Å². The highest BCUT2D eigenvalue weighted by Crippen LogP contribution is 2.15. The summed E-state index contributed by atoms with van der Waals surface area (Å²) >= 11 is 0. The third-order valence-electron chi connectivity index (χ3n) is 2.49. The minimum absolute atomic E-state index is 0.812. The van der Waals surface area contributed by atoms with Crippen LogP contribution in [0, 0.1) is 0 Å². The van der Waals surface area contributed by atoms with Gasteiger partial charge in [-0.3, -0.25) is 0 Å². The molecule has 80 valence electrons. The number of nitrogens with two attached hydrogens (primary N) is 1. The van der Waals surface area contributed by atoms with E-state index < -0.39 is 0 Å². The Morgan fingerprint density at radius 1 is 1.20 bits per heavy atom. The highest BCUT2D eigenvalue weighted by molar-refractivity contribution is 5.80. The Hall–Kier alpha value is -1.55.